The zero-order valence-electron chi connectivity index (χ0n) is 14.7. The van der Waals surface area contributed by atoms with Gasteiger partial charge in [0.1, 0.15) is 0 Å². The number of benzene rings is 2. The van der Waals surface area contributed by atoms with Crippen LogP contribution in [0.5, 0.6) is 0 Å². The quantitative estimate of drug-likeness (QED) is 0.544. The number of hydroxylamine groups is 1. The molecule has 1 amide bonds. The van der Waals surface area contributed by atoms with E-state index < -0.39 is 0 Å². The third-order valence-electron chi connectivity index (χ3n) is 4.18. The van der Waals surface area contributed by atoms with Crippen LogP contribution in [0.3, 0.4) is 0 Å². The number of aromatic nitrogens is 2. The first-order chi connectivity index (χ1) is 13.2. The molecule has 0 fully saturated rings. The van der Waals surface area contributed by atoms with Crippen molar-refractivity contribution in [3.05, 3.63) is 83.6 Å². The van der Waals surface area contributed by atoms with Crippen LogP contribution in [0.4, 0.5) is 0 Å². The van der Waals surface area contributed by atoms with E-state index in [4.69, 9.17) is 9.36 Å². The zero-order valence-corrected chi connectivity index (χ0v) is 14.7. The van der Waals surface area contributed by atoms with Gasteiger partial charge in [-0.15, -0.1) is 0 Å². The minimum atomic E-state index is -0.373. The predicted octanol–water partition coefficient (Wildman–Crippen LogP) is 4.06. The average molecular weight is 359 g/mol. The van der Waals surface area contributed by atoms with Crippen molar-refractivity contribution in [2.24, 2.45) is 0 Å². The molecule has 0 saturated heterocycles. The lowest BCUT2D eigenvalue weighted by molar-refractivity contribution is 0.0235. The molecule has 6 heteroatoms. The van der Waals surface area contributed by atoms with Crippen molar-refractivity contribution in [1.82, 2.24) is 15.6 Å². The number of pyridine rings is 1. The molecule has 6 nitrogen and oxygen atoms in total. The van der Waals surface area contributed by atoms with Gasteiger partial charge in [-0.1, -0.05) is 65.8 Å². The first-order valence-corrected chi connectivity index (χ1v) is 8.51. The molecule has 0 spiro atoms. The Bertz CT molecular complexity index is 1080. The zero-order chi connectivity index (χ0) is 18.6. The molecule has 134 valence electrons. The Morgan fingerprint density at radius 2 is 1.78 bits per heavy atom. The highest BCUT2D eigenvalue weighted by atomic mass is 16.6. The number of aryl methyl sites for hydroxylation is 1. The maximum absolute atomic E-state index is 12.7. The van der Waals surface area contributed by atoms with Crippen molar-refractivity contribution in [3.8, 4) is 11.3 Å². The summed E-state index contributed by atoms with van der Waals surface area (Å²) in [6, 6.07) is 20.9. The summed E-state index contributed by atoms with van der Waals surface area (Å²) < 4.78 is 5.29. The summed E-state index contributed by atoms with van der Waals surface area (Å²) in [7, 11) is 0. The molecular weight excluding hydrogens is 342 g/mol. The Morgan fingerprint density at radius 3 is 2.52 bits per heavy atom. The van der Waals surface area contributed by atoms with Crippen molar-refractivity contribution < 1.29 is 14.2 Å². The van der Waals surface area contributed by atoms with Gasteiger partial charge in [-0.3, -0.25) is 9.63 Å². The Balaban J connectivity index is 1.63. The van der Waals surface area contributed by atoms with Crippen LogP contribution in [0.2, 0.25) is 0 Å². The number of carbonyl (C=O) groups excluding carboxylic acids is 1. The highest BCUT2D eigenvalue weighted by Crippen LogP contribution is 2.26. The van der Waals surface area contributed by atoms with Crippen LogP contribution in [-0.4, -0.2) is 16.0 Å². The summed E-state index contributed by atoms with van der Waals surface area (Å²) in [6.07, 6.45) is 0. The number of rotatable bonds is 5. The molecule has 0 saturated carbocycles. The van der Waals surface area contributed by atoms with Gasteiger partial charge in [-0.2, -0.15) is 0 Å². The van der Waals surface area contributed by atoms with Gasteiger partial charge < -0.3 is 4.52 Å². The second-order valence-electron chi connectivity index (χ2n) is 6.07. The largest absolute Gasteiger partial charge is 0.335 e. The Morgan fingerprint density at radius 1 is 1.07 bits per heavy atom. The fraction of sp³-hybridized carbons (Fsp3) is 0.0952. The molecular formula is C21H17N3O3. The van der Waals surface area contributed by atoms with E-state index in [2.05, 4.69) is 15.6 Å². The van der Waals surface area contributed by atoms with E-state index in [1.54, 1.807) is 13.0 Å². The Labute approximate surface area is 155 Å². The second kappa shape index (κ2) is 7.39. The van der Waals surface area contributed by atoms with Gasteiger partial charge in [-0.05, 0) is 18.6 Å². The molecule has 4 aromatic rings. The molecule has 0 aliphatic heterocycles. The van der Waals surface area contributed by atoms with Crippen molar-refractivity contribution in [2.75, 3.05) is 0 Å². The molecule has 0 aliphatic carbocycles. The van der Waals surface area contributed by atoms with Gasteiger partial charge in [0.2, 0.25) is 0 Å². The molecule has 2 aromatic carbocycles. The number of fused-ring (bicyclic) bond motifs is 1. The van der Waals surface area contributed by atoms with Gasteiger partial charge in [-0.25, -0.2) is 10.5 Å². The molecule has 4 rings (SSSR count). The fourth-order valence-electron chi connectivity index (χ4n) is 2.84. The number of hydrogen-bond donors (Lipinski definition) is 1. The van der Waals surface area contributed by atoms with E-state index >= 15 is 0 Å². The van der Waals surface area contributed by atoms with Crippen LogP contribution < -0.4 is 5.48 Å². The molecule has 0 atom stereocenters. The minimum Gasteiger partial charge on any atom is -0.335 e. The van der Waals surface area contributed by atoms with Crippen molar-refractivity contribution in [2.45, 2.75) is 13.5 Å². The van der Waals surface area contributed by atoms with E-state index in [9.17, 15) is 4.79 Å². The van der Waals surface area contributed by atoms with Gasteiger partial charge in [0.25, 0.3) is 11.6 Å². The molecule has 0 aliphatic rings. The maximum Gasteiger partial charge on any atom is 0.275 e. The monoisotopic (exact) mass is 359 g/mol. The summed E-state index contributed by atoms with van der Waals surface area (Å²) in [5.74, 6) is -0.373. The average Bonchev–Trinajstić information content (AvgIpc) is 3.09. The number of hydrogen-bond acceptors (Lipinski definition) is 5. The van der Waals surface area contributed by atoms with Crippen LogP contribution in [-0.2, 0) is 11.4 Å². The molecule has 0 unspecified atom stereocenters. The molecule has 0 radical (unpaired) electrons. The Hall–Kier alpha value is -3.51. The second-order valence-corrected chi connectivity index (χ2v) is 6.07. The summed E-state index contributed by atoms with van der Waals surface area (Å²) in [4.78, 5) is 22.6. The lowest BCUT2D eigenvalue weighted by Crippen LogP contribution is -2.24. The molecule has 2 aromatic heterocycles. The first kappa shape index (κ1) is 16.9. The van der Waals surface area contributed by atoms with E-state index in [1.807, 2.05) is 60.7 Å². The maximum atomic E-state index is 12.7. The van der Waals surface area contributed by atoms with E-state index in [0.29, 0.717) is 28.1 Å². The first-order valence-electron chi connectivity index (χ1n) is 8.51. The van der Waals surface area contributed by atoms with E-state index in [-0.39, 0.29) is 12.5 Å². The van der Waals surface area contributed by atoms with Gasteiger partial charge >= 0.3 is 0 Å². The standard InChI is InChI=1S/C21H17N3O3/c1-14-19-17(20(25)24-26-13-15-8-4-2-5-9-15)12-18(22-21(19)27-23-14)16-10-6-3-7-11-16/h2-12H,13H2,1H3,(H,24,25). The Kier molecular flexibility index (Phi) is 4.63. The summed E-state index contributed by atoms with van der Waals surface area (Å²) in [6.45, 7) is 2.05. The van der Waals surface area contributed by atoms with Crippen molar-refractivity contribution in [1.29, 1.82) is 0 Å². The van der Waals surface area contributed by atoms with Gasteiger partial charge in [0, 0.05) is 5.56 Å². The topological polar surface area (TPSA) is 77.2 Å². The lowest BCUT2D eigenvalue weighted by atomic mass is 10.1. The highest BCUT2D eigenvalue weighted by Gasteiger charge is 2.19. The summed E-state index contributed by atoms with van der Waals surface area (Å²) in [5, 5.41) is 4.52. The summed E-state index contributed by atoms with van der Waals surface area (Å²) >= 11 is 0. The number of nitrogens with one attached hydrogen (secondary N) is 1. The number of nitrogens with zero attached hydrogens (tertiary/aromatic N) is 2. The van der Waals surface area contributed by atoms with Crippen molar-refractivity contribution >= 4 is 17.0 Å². The van der Waals surface area contributed by atoms with Gasteiger partial charge in [0.05, 0.1) is 28.9 Å². The van der Waals surface area contributed by atoms with Crippen LogP contribution in [0.15, 0.2) is 71.3 Å². The SMILES string of the molecule is Cc1noc2nc(-c3ccccc3)cc(C(=O)NOCc3ccccc3)c12. The molecule has 27 heavy (non-hydrogen) atoms. The normalized spacial score (nSPS) is 10.9. The minimum absolute atomic E-state index is 0.273. The molecule has 0 bridgehead atoms. The predicted molar refractivity (Wildman–Crippen MR) is 101 cm³/mol. The van der Waals surface area contributed by atoms with Gasteiger partial charge in [0.15, 0.2) is 0 Å². The molecule has 1 N–H and O–H groups in total. The van der Waals surface area contributed by atoms with Crippen LogP contribution in [0, 0.1) is 6.92 Å². The number of amides is 1. The third kappa shape index (κ3) is 3.56. The highest BCUT2D eigenvalue weighted by molar-refractivity contribution is 6.06. The lowest BCUT2D eigenvalue weighted by Gasteiger charge is -2.08. The van der Waals surface area contributed by atoms with E-state index in [0.717, 1.165) is 11.1 Å². The smallest absolute Gasteiger partial charge is 0.275 e. The van der Waals surface area contributed by atoms with E-state index in [1.165, 1.54) is 0 Å². The summed E-state index contributed by atoms with van der Waals surface area (Å²) in [5.41, 5.74) is 6.31. The van der Waals surface area contributed by atoms with Crippen LogP contribution >= 0.6 is 0 Å². The van der Waals surface area contributed by atoms with Crippen molar-refractivity contribution in [3.63, 3.8) is 0 Å². The fourth-order valence-corrected chi connectivity index (χ4v) is 2.84. The third-order valence-corrected chi connectivity index (χ3v) is 4.18. The number of carbonyl (C=O) groups is 1. The van der Waals surface area contributed by atoms with Crippen LogP contribution in [0.25, 0.3) is 22.4 Å². The molecule has 2 heterocycles. The van der Waals surface area contributed by atoms with Crippen LogP contribution in [0.1, 0.15) is 21.6 Å².